The molecule has 8 heteroatoms. The molecule has 0 saturated carbocycles. The van der Waals surface area contributed by atoms with Crippen LogP contribution in [0.1, 0.15) is 12.2 Å². The highest BCUT2D eigenvalue weighted by Gasteiger charge is 2.11. The second-order valence-electron chi connectivity index (χ2n) is 5.64. The molecule has 1 aromatic carbocycles. The lowest BCUT2D eigenvalue weighted by atomic mass is 10.3. The van der Waals surface area contributed by atoms with Crippen LogP contribution in [0.15, 0.2) is 34.9 Å². The van der Waals surface area contributed by atoms with Gasteiger partial charge in [0.25, 0.3) is 0 Å². The first kappa shape index (κ1) is 18.5. The molecule has 2 aromatic rings. The summed E-state index contributed by atoms with van der Waals surface area (Å²) in [4.78, 5) is 25.6. The van der Waals surface area contributed by atoms with E-state index in [0.29, 0.717) is 23.8 Å². The number of aryl methyl sites for hydroxylation is 1. The third kappa shape index (κ3) is 6.27. The zero-order valence-corrected chi connectivity index (χ0v) is 14.5. The Morgan fingerprint density at radius 2 is 1.92 bits per heavy atom. The largest absolute Gasteiger partial charge is 0.497 e. The van der Waals surface area contributed by atoms with Gasteiger partial charge in [-0.05, 0) is 38.2 Å². The van der Waals surface area contributed by atoms with Crippen molar-refractivity contribution in [3.63, 3.8) is 0 Å². The number of rotatable bonds is 8. The van der Waals surface area contributed by atoms with Gasteiger partial charge in [-0.3, -0.25) is 14.5 Å². The van der Waals surface area contributed by atoms with E-state index in [-0.39, 0.29) is 24.8 Å². The lowest BCUT2D eigenvalue weighted by Crippen LogP contribution is -2.32. The third-order valence-corrected chi connectivity index (χ3v) is 3.40. The monoisotopic (exact) mass is 346 g/mol. The maximum absolute atomic E-state index is 12.0. The van der Waals surface area contributed by atoms with Crippen molar-refractivity contribution in [2.24, 2.45) is 0 Å². The minimum absolute atomic E-state index is 0.153. The van der Waals surface area contributed by atoms with E-state index >= 15 is 0 Å². The van der Waals surface area contributed by atoms with Gasteiger partial charge in [0, 0.05) is 24.7 Å². The Balaban J connectivity index is 1.70. The third-order valence-electron chi connectivity index (χ3n) is 3.40. The van der Waals surface area contributed by atoms with Crippen molar-refractivity contribution in [1.29, 1.82) is 0 Å². The summed E-state index contributed by atoms with van der Waals surface area (Å²) < 4.78 is 9.95. The molecule has 0 bridgehead atoms. The van der Waals surface area contributed by atoms with Crippen LogP contribution in [0.4, 0.5) is 11.5 Å². The number of carbonyl (C=O) groups excluding carboxylic acids is 2. The molecule has 2 rings (SSSR count). The lowest BCUT2D eigenvalue weighted by molar-refractivity contribution is -0.119. The fraction of sp³-hybridized carbons (Fsp3) is 0.353. The number of likely N-dealkylation sites (N-methyl/N-ethyl adjacent to an activating group) is 1. The molecule has 25 heavy (non-hydrogen) atoms. The van der Waals surface area contributed by atoms with Crippen LogP contribution in [0, 0.1) is 6.92 Å². The fourth-order valence-electron chi connectivity index (χ4n) is 2.12. The van der Waals surface area contributed by atoms with Crippen molar-refractivity contribution in [3.05, 3.63) is 36.1 Å². The number of carbonyl (C=O) groups is 2. The Hall–Kier alpha value is -2.87. The maximum atomic E-state index is 12.0. The van der Waals surface area contributed by atoms with Gasteiger partial charge in [-0.15, -0.1) is 0 Å². The van der Waals surface area contributed by atoms with E-state index in [9.17, 15) is 9.59 Å². The number of nitrogens with zero attached hydrogens (tertiary/aromatic N) is 2. The SMILES string of the molecule is COc1ccc(NC(=O)CN(C)CCC(=O)Nc2cc(C)on2)cc1. The molecule has 1 heterocycles. The number of methoxy groups -OCH3 is 1. The van der Waals surface area contributed by atoms with E-state index in [1.165, 1.54) is 0 Å². The van der Waals surface area contributed by atoms with Crippen LogP contribution in [-0.2, 0) is 9.59 Å². The molecular formula is C17H22N4O4. The minimum Gasteiger partial charge on any atom is -0.497 e. The van der Waals surface area contributed by atoms with Crippen LogP contribution in [0.5, 0.6) is 5.75 Å². The second kappa shape index (κ2) is 8.84. The first-order valence-corrected chi connectivity index (χ1v) is 7.82. The van der Waals surface area contributed by atoms with Crippen molar-refractivity contribution in [1.82, 2.24) is 10.1 Å². The highest BCUT2D eigenvalue weighted by atomic mass is 16.5. The average molecular weight is 346 g/mol. The Kier molecular flexibility index (Phi) is 6.53. The van der Waals surface area contributed by atoms with Gasteiger partial charge < -0.3 is 19.9 Å². The molecule has 0 aliphatic heterocycles. The number of nitrogens with one attached hydrogen (secondary N) is 2. The molecule has 8 nitrogen and oxygen atoms in total. The van der Waals surface area contributed by atoms with Crippen LogP contribution < -0.4 is 15.4 Å². The van der Waals surface area contributed by atoms with Crippen LogP contribution in [0.2, 0.25) is 0 Å². The van der Waals surface area contributed by atoms with Gasteiger partial charge in [0.1, 0.15) is 11.5 Å². The number of amides is 2. The van der Waals surface area contributed by atoms with Crippen LogP contribution >= 0.6 is 0 Å². The summed E-state index contributed by atoms with van der Waals surface area (Å²) in [6, 6.07) is 8.72. The van der Waals surface area contributed by atoms with Crippen LogP contribution in [-0.4, -0.2) is 49.1 Å². The van der Waals surface area contributed by atoms with E-state index in [0.717, 1.165) is 5.75 Å². The van der Waals surface area contributed by atoms with Gasteiger partial charge in [0.05, 0.1) is 13.7 Å². The van der Waals surface area contributed by atoms with Gasteiger partial charge in [-0.1, -0.05) is 5.16 Å². The van der Waals surface area contributed by atoms with Gasteiger partial charge in [0.2, 0.25) is 11.8 Å². The molecule has 0 aliphatic rings. The number of benzene rings is 1. The molecule has 0 saturated heterocycles. The van der Waals surface area contributed by atoms with Crippen molar-refractivity contribution < 1.29 is 18.8 Å². The predicted molar refractivity (Wildman–Crippen MR) is 93.6 cm³/mol. The number of hydrogen-bond acceptors (Lipinski definition) is 6. The number of ether oxygens (including phenoxy) is 1. The minimum atomic E-state index is -0.185. The summed E-state index contributed by atoms with van der Waals surface area (Å²) in [5.74, 6) is 1.41. The Morgan fingerprint density at radius 1 is 1.20 bits per heavy atom. The Bertz CT molecular complexity index is 712. The molecule has 0 atom stereocenters. The molecule has 2 N–H and O–H groups in total. The first-order chi connectivity index (χ1) is 12.0. The number of aromatic nitrogens is 1. The average Bonchev–Trinajstić information content (AvgIpc) is 2.98. The first-order valence-electron chi connectivity index (χ1n) is 7.82. The second-order valence-corrected chi connectivity index (χ2v) is 5.64. The van der Waals surface area contributed by atoms with E-state index in [4.69, 9.17) is 9.26 Å². The summed E-state index contributed by atoms with van der Waals surface area (Å²) in [5, 5.41) is 9.13. The smallest absolute Gasteiger partial charge is 0.238 e. The van der Waals surface area contributed by atoms with Crippen molar-refractivity contribution in [2.45, 2.75) is 13.3 Å². The maximum Gasteiger partial charge on any atom is 0.238 e. The highest BCUT2D eigenvalue weighted by molar-refractivity contribution is 5.92. The van der Waals surface area contributed by atoms with Crippen LogP contribution in [0.3, 0.4) is 0 Å². The topological polar surface area (TPSA) is 96.7 Å². The number of hydrogen-bond donors (Lipinski definition) is 2. The van der Waals surface area contributed by atoms with Gasteiger partial charge in [-0.25, -0.2) is 0 Å². The summed E-state index contributed by atoms with van der Waals surface area (Å²) in [6.45, 7) is 2.37. The molecule has 0 unspecified atom stereocenters. The zero-order valence-electron chi connectivity index (χ0n) is 14.5. The summed E-state index contributed by atoms with van der Waals surface area (Å²) in [5.41, 5.74) is 0.693. The lowest BCUT2D eigenvalue weighted by Gasteiger charge is -2.16. The summed E-state index contributed by atoms with van der Waals surface area (Å²) >= 11 is 0. The Labute approximate surface area is 146 Å². The predicted octanol–water partition coefficient (Wildman–Crippen LogP) is 1.89. The molecule has 0 aliphatic carbocycles. The van der Waals surface area contributed by atoms with E-state index < -0.39 is 0 Å². The normalized spacial score (nSPS) is 10.6. The van der Waals surface area contributed by atoms with E-state index in [1.54, 1.807) is 56.3 Å². The van der Waals surface area contributed by atoms with E-state index in [1.807, 2.05) is 0 Å². The quantitative estimate of drug-likeness (QED) is 0.758. The van der Waals surface area contributed by atoms with Gasteiger partial charge in [-0.2, -0.15) is 0 Å². The molecule has 134 valence electrons. The van der Waals surface area contributed by atoms with Crippen molar-refractivity contribution in [2.75, 3.05) is 37.9 Å². The van der Waals surface area contributed by atoms with Crippen molar-refractivity contribution in [3.8, 4) is 5.75 Å². The van der Waals surface area contributed by atoms with Crippen molar-refractivity contribution >= 4 is 23.3 Å². The van der Waals surface area contributed by atoms with Gasteiger partial charge in [0.15, 0.2) is 5.82 Å². The van der Waals surface area contributed by atoms with E-state index in [2.05, 4.69) is 15.8 Å². The standard InChI is InChI=1S/C17H22N4O4/c1-12-10-15(20-25-12)19-16(22)8-9-21(2)11-17(23)18-13-4-6-14(24-3)7-5-13/h4-7,10H,8-9,11H2,1-3H3,(H,18,23)(H,19,20,22). The number of anilines is 2. The highest BCUT2D eigenvalue weighted by Crippen LogP contribution is 2.14. The summed E-state index contributed by atoms with van der Waals surface area (Å²) in [6.07, 6.45) is 0.248. The summed E-state index contributed by atoms with van der Waals surface area (Å²) in [7, 11) is 3.36. The molecule has 0 fully saturated rings. The molecule has 0 spiro atoms. The zero-order chi connectivity index (χ0) is 18.2. The Morgan fingerprint density at radius 3 is 2.52 bits per heavy atom. The molecule has 0 radical (unpaired) electrons. The fourth-order valence-corrected chi connectivity index (χ4v) is 2.12. The van der Waals surface area contributed by atoms with Crippen LogP contribution in [0.25, 0.3) is 0 Å². The van der Waals surface area contributed by atoms with Gasteiger partial charge >= 0.3 is 0 Å². The molecule has 2 amide bonds. The molecular weight excluding hydrogens is 324 g/mol. The molecule has 1 aromatic heterocycles.